The van der Waals surface area contributed by atoms with E-state index >= 15 is 0 Å². The monoisotopic (exact) mass is 343 g/mol. The third-order valence-electron chi connectivity index (χ3n) is 5.16. The number of H-pyrrole nitrogens is 1. The number of benzene rings is 1. The zero-order valence-corrected chi connectivity index (χ0v) is 14.1. The standard InChI is InChI=1S/C18H21N3O4/c1-24-13-4-2-12(3-5-13)10-21-14-11-25-18(6-8-19-9-7-18)15(14)16(22)20-17(21)23/h2-5,19H,6-11H2,1H3,(H,20,22,23). The lowest BCUT2D eigenvalue weighted by Crippen LogP contribution is -2.44. The van der Waals surface area contributed by atoms with E-state index in [1.54, 1.807) is 11.7 Å². The molecule has 132 valence electrons. The molecule has 2 N–H and O–H groups in total. The van der Waals surface area contributed by atoms with Crippen LogP contribution in [0.2, 0.25) is 0 Å². The SMILES string of the molecule is COc1ccc(Cn2c3c(c(=O)[nH]c2=O)C2(CCNCC2)OC3)cc1. The Kier molecular flexibility index (Phi) is 3.97. The van der Waals surface area contributed by atoms with Crippen LogP contribution in [0.3, 0.4) is 0 Å². The second-order valence-corrected chi connectivity index (χ2v) is 6.55. The molecule has 0 unspecified atom stereocenters. The highest BCUT2D eigenvalue weighted by molar-refractivity contribution is 5.32. The van der Waals surface area contributed by atoms with Crippen LogP contribution in [0.5, 0.6) is 5.75 Å². The number of hydrogen-bond donors (Lipinski definition) is 2. The van der Waals surface area contributed by atoms with Crippen LogP contribution < -0.4 is 21.3 Å². The van der Waals surface area contributed by atoms with Gasteiger partial charge in [0.2, 0.25) is 0 Å². The molecule has 1 aromatic heterocycles. The lowest BCUT2D eigenvalue weighted by molar-refractivity contribution is -0.0602. The van der Waals surface area contributed by atoms with Crippen molar-refractivity contribution >= 4 is 0 Å². The number of aromatic nitrogens is 2. The van der Waals surface area contributed by atoms with Crippen molar-refractivity contribution in [2.45, 2.75) is 31.6 Å². The van der Waals surface area contributed by atoms with E-state index in [0.29, 0.717) is 24.4 Å². The van der Waals surface area contributed by atoms with E-state index in [0.717, 1.165) is 37.2 Å². The summed E-state index contributed by atoms with van der Waals surface area (Å²) in [6.07, 6.45) is 1.48. The molecule has 1 fully saturated rings. The molecular weight excluding hydrogens is 322 g/mol. The summed E-state index contributed by atoms with van der Waals surface area (Å²) in [6, 6.07) is 7.55. The number of aromatic amines is 1. The Labute approximate surface area is 144 Å². The molecule has 0 bridgehead atoms. The highest BCUT2D eigenvalue weighted by Gasteiger charge is 2.44. The fourth-order valence-corrected chi connectivity index (χ4v) is 3.82. The first kappa shape index (κ1) is 16.1. The van der Waals surface area contributed by atoms with Gasteiger partial charge in [-0.25, -0.2) is 4.79 Å². The third-order valence-corrected chi connectivity index (χ3v) is 5.16. The largest absolute Gasteiger partial charge is 0.497 e. The fraction of sp³-hybridized carbons (Fsp3) is 0.444. The molecule has 7 heteroatoms. The van der Waals surface area contributed by atoms with E-state index in [4.69, 9.17) is 9.47 Å². The smallest absolute Gasteiger partial charge is 0.328 e. The van der Waals surface area contributed by atoms with E-state index in [1.165, 1.54) is 0 Å². The van der Waals surface area contributed by atoms with Gasteiger partial charge in [-0.1, -0.05) is 12.1 Å². The number of nitrogens with zero attached hydrogens (tertiary/aromatic N) is 1. The first-order valence-corrected chi connectivity index (χ1v) is 8.47. The Hall–Kier alpha value is -2.38. The molecule has 0 amide bonds. The molecule has 7 nitrogen and oxygen atoms in total. The van der Waals surface area contributed by atoms with Gasteiger partial charge in [-0.15, -0.1) is 0 Å². The fourth-order valence-electron chi connectivity index (χ4n) is 3.82. The van der Waals surface area contributed by atoms with E-state index < -0.39 is 11.3 Å². The van der Waals surface area contributed by atoms with Crippen LogP contribution in [0, 0.1) is 0 Å². The molecule has 3 heterocycles. The van der Waals surface area contributed by atoms with E-state index in [2.05, 4.69) is 10.3 Å². The van der Waals surface area contributed by atoms with Gasteiger partial charge in [0.25, 0.3) is 5.56 Å². The maximum absolute atomic E-state index is 12.5. The number of nitrogens with one attached hydrogen (secondary N) is 2. The summed E-state index contributed by atoms with van der Waals surface area (Å²) in [5.74, 6) is 0.764. The van der Waals surface area contributed by atoms with Crippen LogP contribution >= 0.6 is 0 Å². The molecule has 1 spiro atoms. The minimum atomic E-state index is -0.566. The van der Waals surface area contributed by atoms with Crippen molar-refractivity contribution in [1.82, 2.24) is 14.9 Å². The minimum absolute atomic E-state index is 0.296. The Morgan fingerprint density at radius 1 is 1.20 bits per heavy atom. The van der Waals surface area contributed by atoms with Crippen LogP contribution in [0.4, 0.5) is 0 Å². The van der Waals surface area contributed by atoms with Crippen LogP contribution in [0.15, 0.2) is 33.9 Å². The number of fused-ring (bicyclic) bond motifs is 2. The first-order valence-electron chi connectivity index (χ1n) is 8.47. The van der Waals surface area contributed by atoms with Gasteiger partial charge >= 0.3 is 5.69 Å². The summed E-state index contributed by atoms with van der Waals surface area (Å²) in [6.45, 7) is 2.29. The lowest BCUT2D eigenvalue weighted by Gasteiger charge is -2.33. The summed E-state index contributed by atoms with van der Waals surface area (Å²) in [7, 11) is 1.62. The topological polar surface area (TPSA) is 85.4 Å². The molecule has 2 aromatic rings. The number of hydrogen-bond acceptors (Lipinski definition) is 5. The molecule has 2 aliphatic heterocycles. The van der Waals surface area contributed by atoms with Gasteiger partial charge in [-0.05, 0) is 43.6 Å². The van der Waals surface area contributed by atoms with Crippen molar-refractivity contribution in [2.75, 3.05) is 20.2 Å². The average molecular weight is 343 g/mol. The van der Waals surface area contributed by atoms with Gasteiger partial charge in [-0.2, -0.15) is 0 Å². The van der Waals surface area contributed by atoms with E-state index in [-0.39, 0.29) is 5.56 Å². The second-order valence-electron chi connectivity index (χ2n) is 6.55. The van der Waals surface area contributed by atoms with Gasteiger partial charge in [0, 0.05) is 0 Å². The van der Waals surface area contributed by atoms with Gasteiger partial charge < -0.3 is 14.8 Å². The number of piperidine rings is 1. The Morgan fingerprint density at radius 3 is 2.60 bits per heavy atom. The zero-order chi connectivity index (χ0) is 17.4. The summed E-state index contributed by atoms with van der Waals surface area (Å²) in [4.78, 5) is 27.4. The summed E-state index contributed by atoms with van der Waals surface area (Å²) >= 11 is 0. The molecule has 0 radical (unpaired) electrons. The van der Waals surface area contributed by atoms with Crippen LogP contribution in [0.25, 0.3) is 0 Å². The van der Waals surface area contributed by atoms with Gasteiger partial charge in [-0.3, -0.25) is 14.3 Å². The summed E-state index contributed by atoms with van der Waals surface area (Å²) in [5.41, 5.74) is 1.01. The predicted octanol–water partition coefficient (Wildman–Crippen LogP) is 0.702. The highest BCUT2D eigenvalue weighted by atomic mass is 16.5. The van der Waals surface area contributed by atoms with Crippen molar-refractivity contribution in [1.29, 1.82) is 0 Å². The Morgan fingerprint density at radius 2 is 1.92 bits per heavy atom. The molecule has 4 rings (SSSR count). The molecule has 0 atom stereocenters. The Bertz CT molecular complexity index is 892. The van der Waals surface area contributed by atoms with E-state index in [1.807, 2.05) is 24.3 Å². The number of ether oxygens (including phenoxy) is 2. The number of rotatable bonds is 3. The maximum atomic E-state index is 12.5. The first-order chi connectivity index (χ1) is 12.1. The minimum Gasteiger partial charge on any atom is -0.497 e. The molecule has 25 heavy (non-hydrogen) atoms. The molecule has 1 saturated heterocycles. The van der Waals surface area contributed by atoms with E-state index in [9.17, 15) is 9.59 Å². The van der Waals surface area contributed by atoms with Gasteiger partial charge in [0.1, 0.15) is 11.4 Å². The molecule has 0 saturated carbocycles. The lowest BCUT2D eigenvalue weighted by atomic mass is 9.86. The van der Waals surface area contributed by atoms with Crippen molar-refractivity contribution in [3.05, 3.63) is 61.9 Å². The van der Waals surface area contributed by atoms with Crippen molar-refractivity contribution in [2.24, 2.45) is 0 Å². The van der Waals surface area contributed by atoms with Crippen LogP contribution in [-0.2, 0) is 23.5 Å². The third kappa shape index (κ3) is 2.69. The second kappa shape index (κ2) is 6.16. The molecule has 0 aliphatic carbocycles. The summed E-state index contributed by atoms with van der Waals surface area (Å²) in [5, 5.41) is 3.29. The molecular formula is C18H21N3O4. The zero-order valence-electron chi connectivity index (χ0n) is 14.1. The normalized spacial score (nSPS) is 18.3. The maximum Gasteiger partial charge on any atom is 0.328 e. The van der Waals surface area contributed by atoms with Crippen molar-refractivity contribution in [3.8, 4) is 5.75 Å². The molecule has 1 aromatic carbocycles. The quantitative estimate of drug-likeness (QED) is 0.857. The average Bonchev–Trinajstić information content (AvgIpc) is 2.99. The van der Waals surface area contributed by atoms with Gasteiger partial charge in [0.15, 0.2) is 0 Å². The molecule has 2 aliphatic rings. The van der Waals surface area contributed by atoms with Crippen LogP contribution in [-0.4, -0.2) is 29.8 Å². The Balaban J connectivity index is 1.76. The van der Waals surface area contributed by atoms with Gasteiger partial charge in [0.05, 0.1) is 31.5 Å². The van der Waals surface area contributed by atoms with Crippen molar-refractivity contribution in [3.63, 3.8) is 0 Å². The highest BCUT2D eigenvalue weighted by Crippen LogP contribution is 2.40. The number of methoxy groups -OCH3 is 1. The summed E-state index contributed by atoms with van der Waals surface area (Å²) < 4.78 is 12.8. The predicted molar refractivity (Wildman–Crippen MR) is 92.0 cm³/mol. The van der Waals surface area contributed by atoms with Crippen molar-refractivity contribution < 1.29 is 9.47 Å². The van der Waals surface area contributed by atoms with Crippen LogP contribution in [0.1, 0.15) is 29.7 Å².